The van der Waals surface area contributed by atoms with Gasteiger partial charge in [-0.15, -0.1) is 0 Å². The van der Waals surface area contributed by atoms with Crippen molar-refractivity contribution < 1.29 is 35.5 Å². The minimum Gasteiger partial charge on any atom is -0.368 e. The predicted molar refractivity (Wildman–Crippen MR) is 108 cm³/mol. The highest BCUT2D eigenvalue weighted by Crippen LogP contribution is 2.45. The third kappa shape index (κ3) is 4.11. The van der Waals surface area contributed by atoms with E-state index in [9.17, 15) is 35.5 Å². The molecule has 0 radical (unpaired) electrons. The molecule has 4 rings (SSSR count). The number of aromatic nitrogens is 2. The molecule has 1 aromatic heterocycles. The van der Waals surface area contributed by atoms with Gasteiger partial charge in [-0.3, -0.25) is 4.79 Å². The summed E-state index contributed by atoms with van der Waals surface area (Å²) in [6.07, 6.45) is -3.90. The van der Waals surface area contributed by atoms with Crippen LogP contribution in [0.2, 0.25) is 0 Å². The molecule has 2 aliphatic rings. The summed E-state index contributed by atoms with van der Waals surface area (Å²) in [6, 6.07) is 3.75. The third-order valence-corrected chi connectivity index (χ3v) is 6.34. The van der Waals surface area contributed by atoms with Crippen LogP contribution in [-0.2, 0) is 10.7 Å². The number of rotatable bonds is 3. The highest BCUT2D eigenvalue weighted by atomic mass is 19.4. The zero-order valence-electron chi connectivity index (χ0n) is 17.7. The van der Waals surface area contributed by atoms with Gasteiger partial charge in [0.05, 0.1) is 5.54 Å². The van der Waals surface area contributed by atoms with Gasteiger partial charge in [-0.2, -0.15) is 26.9 Å². The maximum atomic E-state index is 13.9. The molecule has 0 aliphatic carbocycles. The molecule has 13 heteroatoms. The molecular weight excluding hydrogens is 471 g/mol. The molecule has 0 saturated carbocycles. The Morgan fingerprint density at radius 3 is 2.24 bits per heavy atom. The van der Waals surface area contributed by atoms with Crippen LogP contribution in [0.3, 0.4) is 0 Å². The van der Waals surface area contributed by atoms with Crippen molar-refractivity contribution in [2.45, 2.75) is 49.7 Å². The highest BCUT2D eigenvalue weighted by Gasteiger charge is 2.60. The van der Waals surface area contributed by atoms with E-state index < -0.39 is 40.9 Å². The van der Waals surface area contributed by atoms with Crippen LogP contribution in [0.25, 0.3) is 0 Å². The van der Waals surface area contributed by atoms with E-state index in [2.05, 4.69) is 9.97 Å². The topological polar surface area (TPSA) is 75.3 Å². The largest absolute Gasteiger partial charge is 0.459 e. The molecular formula is C21H20F7N5O. The predicted octanol–water partition coefficient (Wildman–Crippen LogP) is 4.55. The van der Waals surface area contributed by atoms with Crippen LogP contribution in [0.1, 0.15) is 37.8 Å². The lowest BCUT2D eigenvalue weighted by Gasteiger charge is -2.51. The number of alkyl halides is 5. The van der Waals surface area contributed by atoms with Crippen LogP contribution >= 0.6 is 0 Å². The Balaban J connectivity index is 1.61. The first-order valence-electron chi connectivity index (χ1n) is 10.5. The third-order valence-electron chi connectivity index (χ3n) is 6.34. The molecule has 2 aromatic rings. The standard InChI is InChI=1S/C21H20F7N5O/c22-13-4-3-12(10-14(13)23)33-17(34)2-1-5-19(33)6-8-32(9-7-19)16-11-15(30-18(29)31-16)20(24,25)21(26,27)28/h3-4,10-11H,1-2,5-9H2,(H2,29,30,31). The smallest absolute Gasteiger partial charge is 0.368 e. The Kier molecular flexibility index (Phi) is 5.85. The minimum atomic E-state index is -5.86. The van der Waals surface area contributed by atoms with E-state index in [0.29, 0.717) is 31.7 Å². The normalized spacial score (nSPS) is 19.1. The van der Waals surface area contributed by atoms with Crippen molar-refractivity contribution in [3.8, 4) is 0 Å². The van der Waals surface area contributed by atoms with Crippen molar-refractivity contribution in [3.05, 3.63) is 41.6 Å². The molecule has 1 spiro atoms. The molecule has 1 aromatic carbocycles. The fourth-order valence-corrected chi connectivity index (χ4v) is 4.65. The number of carbonyl (C=O) groups is 1. The number of anilines is 3. The van der Waals surface area contributed by atoms with Gasteiger partial charge in [-0.25, -0.2) is 13.8 Å². The first kappa shape index (κ1) is 24.0. The van der Waals surface area contributed by atoms with Crippen LogP contribution in [0, 0.1) is 11.6 Å². The van der Waals surface area contributed by atoms with Gasteiger partial charge in [0.2, 0.25) is 11.9 Å². The van der Waals surface area contributed by atoms with Gasteiger partial charge in [-0.1, -0.05) is 0 Å². The number of nitrogens with two attached hydrogens (primary N) is 1. The van der Waals surface area contributed by atoms with Gasteiger partial charge in [-0.05, 0) is 37.8 Å². The van der Waals surface area contributed by atoms with Crippen LogP contribution in [0.15, 0.2) is 24.3 Å². The first-order valence-corrected chi connectivity index (χ1v) is 10.5. The summed E-state index contributed by atoms with van der Waals surface area (Å²) in [5.74, 6) is -8.54. The van der Waals surface area contributed by atoms with Gasteiger partial charge in [0.15, 0.2) is 11.6 Å². The number of hydrogen-bond donors (Lipinski definition) is 1. The summed E-state index contributed by atoms with van der Waals surface area (Å²) >= 11 is 0. The number of amides is 1. The zero-order valence-corrected chi connectivity index (χ0v) is 17.7. The molecule has 2 N–H and O–H groups in total. The fourth-order valence-electron chi connectivity index (χ4n) is 4.65. The lowest BCUT2D eigenvalue weighted by molar-refractivity contribution is -0.290. The van der Waals surface area contributed by atoms with Crippen molar-refractivity contribution in [1.29, 1.82) is 0 Å². The summed E-state index contributed by atoms with van der Waals surface area (Å²) in [7, 11) is 0. The summed E-state index contributed by atoms with van der Waals surface area (Å²) in [6.45, 7) is 0.307. The molecule has 3 heterocycles. The van der Waals surface area contributed by atoms with Crippen LogP contribution in [-0.4, -0.2) is 40.7 Å². The molecule has 2 aliphatic heterocycles. The first-order chi connectivity index (χ1) is 15.8. The van der Waals surface area contributed by atoms with Crippen LogP contribution < -0.4 is 15.5 Å². The number of benzene rings is 1. The number of halogens is 7. The Labute approximate surface area is 189 Å². The number of nitrogens with zero attached hydrogens (tertiary/aromatic N) is 4. The van der Waals surface area contributed by atoms with Gasteiger partial charge < -0.3 is 15.5 Å². The molecule has 0 bridgehead atoms. The lowest BCUT2D eigenvalue weighted by atomic mass is 9.78. The number of hydrogen-bond acceptors (Lipinski definition) is 5. The van der Waals surface area contributed by atoms with E-state index in [1.165, 1.54) is 15.9 Å². The molecule has 2 saturated heterocycles. The van der Waals surface area contributed by atoms with Gasteiger partial charge in [0.25, 0.3) is 0 Å². The van der Waals surface area contributed by atoms with Crippen molar-refractivity contribution in [1.82, 2.24) is 9.97 Å². The van der Waals surface area contributed by atoms with Gasteiger partial charge in [0, 0.05) is 37.3 Å². The quantitative estimate of drug-likeness (QED) is 0.638. The number of piperidine rings is 2. The second-order valence-electron chi connectivity index (χ2n) is 8.43. The zero-order chi connectivity index (χ0) is 24.9. The van der Waals surface area contributed by atoms with E-state index in [1.54, 1.807) is 0 Å². The summed E-state index contributed by atoms with van der Waals surface area (Å²) in [4.78, 5) is 22.6. The SMILES string of the molecule is Nc1nc(N2CCC3(CCCC(=O)N3c3ccc(F)c(F)c3)CC2)cc(C(F)(F)C(F)(F)F)n1. The molecule has 6 nitrogen and oxygen atoms in total. The van der Waals surface area contributed by atoms with Crippen molar-refractivity contribution in [2.24, 2.45) is 0 Å². The average molecular weight is 491 g/mol. The van der Waals surface area contributed by atoms with Crippen LogP contribution in [0.4, 0.5) is 48.2 Å². The van der Waals surface area contributed by atoms with Crippen molar-refractivity contribution in [2.75, 3.05) is 28.6 Å². The maximum absolute atomic E-state index is 13.9. The van der Waals surface area contributed by atoms with Gasteiger partial charge in [0.1, 0.15) is 11.5 Å². The molecule has 0 unspecified atom stereocenters. The Morgan fingerprint density at radius 1 is 0.941 bits per heavy atom. The van der Waals surface area contributed by atoms with E-state index >= 15 is 0 Å². The van der Waals surface area contributed by atoms with E-state index in [1.807, 2.05) is 0 Å². The van der Waals surface area contributed by atoms with E-state index in [4.69, 9.17) is 5.73 Å². The highest BCUT2D eigenvalue weighted by molar-refractivity contribution is 5.95. The maximum Gasteiger partial charge on any atom is 0.459 e. The second-order valence-corrected chi connectivity index (χ2v) is 8.43. The Hall–Kier alpha value is -3.12. The monoisotopic (exact) mass is 491 g/mol. The summed E-state index contributed by atoms with van der Waals surface area (Å²) in [5, 5.41) is 0. The van der Waals surface area contributed by atoms with Crippen LogP contribution in [0.5, 0.6) is 0 Å². The van der Waals surface area contributed by atoms with Crippen molar-refractivity contribution >= 4 is 23.4 Å². The number of carbonyl (C=O) groups excluding carboxylic acids is 1. The van der Waals surface area contributed by atoms with E-state index in [-0.39, 0.29) is 36.9 Å². The second kappa shape index (κ2) is 8.27. The fraction of sp³-hybridized carbons (Fsp3) is 0.476. The Morgan fingerprint density at radius 2 is 1.62 bits per heavy atom. The van der Waals surface area contributed by atoms with Crippen molar-refractivity contribution in [3.63, 3.8) is 0 Å². The molecule has 184 valence electrons. The molecule has 0 atom stereocenters. The average Bonchev–Trinajstić information content (AvgIpc) is 2.75. The van der Waals surface area contributed by atoms with E-state index in [0.717, 1.165) is 12.1 Å². The number of nitrogen functional groups attached to an aromatic ring is 1. The summed E-state index contributed by atoms with van der Waals surface area (Å²) in [5.41, 5.74) is 3.32. The molecule has 2 fully saturated rings. The lowest BCUT2D eigenvalue weighted by Crippen LogP contribution is -2.60. The summed E-state index contributed by atoms with van der Waals surface area (Å²) < 4.78 is 93.4. The minimum absolute atomic E-state index is 0.154. The Bertz CT molecular complexity index is 1100. The van der Waals surface area contributed by atoms with Gasteiger partial charge >= 0.3 is 12.1 Å². The molecule has 1 amide bonds. The molecule has 34 heavy (non-hydrogen) atoms.